The Morgan fingerprint density at radius 1 is 1.25 bits per heavy atom. The summed E-state index contributed by atoms with van der Waals surface area (Å²) in [5, 5.41) is 14.4. The molecule has 9 heteroatoms. The highest BCUT2D eigenvalue weighted by atomic mass is 32.1. The van der Waals surface area contributed by atoms with Crippen molar-refractivity contribution in [1.82, 2.24) is 15.6 Å². The van der Waals surface area contributed by atoms with Gasteiger partial charge in [0, 0.05) is 22.0 Å². The Morgan fingerprint density at radius 3 is 2.82 bits per heavy atom. The second-order valence-electron chi connectivity index (χ2n) is 6.50. The van der Waals surface area contributed by atoms with Crippen molar-refractivity contribution in [3.8, 4) is 10.6 Å². The molecule has 1 aliphatic rings. The number of benzene rings is 1. The maximum absolute atomic E-state index is 12.4. The first-order valence-corrected chi connectivity index (χ1v) is 10.3. The second kappa shape index (κ2) is 7.17. The molecule has 3 aromatic rings. The van der Waals surface area contributed by atoms with E-state index in [1.807, 2.05) is 22.2 Å². The number of anilines is 1. The van der Waals surface area contributed by atoms with Crippen molar-refractivity contribution in [2.75, 3.05) is 5.32 Å². The number of amides is 4. The number of thiophene rings is 1. The summed E-state index contributed by atoms with van der Waals surface area (Å²) < 4.78 is 0. The molecule has 28 heavy (non-hydrogen) atoms. The van der Waals surface area contributed by atoms with Gasteiger partial charge in [-0.05, 0) is 36.1 Å². The van der Waals surface area contributed by atoms with Crippen molar-refractivity contribution in [1.29, 1.82) is 0 Å². The molecule has 1 saturated heterocycles. The maximum atomic E-state index is 12.4. The van der Waals surface area contributed by atoms with E-state index in [1.54, 1.807) is 42.5 Å². The fraction of sp³-hybridized carbons (Fsp3) is 0.158. The zero-order valence-electron chi connectivity index (χ0n) is 14.8. The Balaban J connectivity index is 1.45. The SMILES string of the molecule is C[C@]1(c2cccc(NC(=O)Cc3csc(-c4ccsc4)n3)c2)NC(=O)NC1=O. The topological polar surface area (TPSA) is 100 Å². The van der Waals surface area contributed by atoms with Gasteiger partial charge in [-0.2, -0.15) is 11.3 Å². The summed E-state index contributed by atoms with van der Waals surface area (Å²) in [6.07, 6.45) is 0.152. The highest BCUT2D eigenvalue weighted by Crippen LogP contribution is 2.27. The quantitative estimate of drug-likeness (QED) is 0.561. The van der Waals surface area contributed by atoms with E-state index in [4.69, 9.17) is 0 Å². The molecule has 0 spiro atoms. The van der Waals surface area contributed by atoms with E-state index < -0.39 is 17.5 Å². The molecule has 0 unspecified atom stereocenters. The molecule has 7 nitrogen and oxygen atoms in total. The molecule has 0 bridgehead atoms. The lowest BCUT2D eigenvalue weighted by atomic mass is 9.92. The van der Waals surface area contributed by atoms with Gasteiger partial charge < -0.3 is 10.6 Å². The number of hydrogen-bond donors (Lipinski definition) is 3. The molecule has 1 aliphatic heterocycles. The molecule has 3 heterocycles. The number of imide groups is 1. The van der Waals surface area contributed by atoms with Crippen LogP contribution in [-0.2, 0) is 21.5 Å². The second-order valence-corrected chi connectivity index (χ2v) is 8.13. The molecular formula is C19H16N4O3S2. The third-order valence-electron chi connectivity index (χ3n) is 4.43. The van der Waals surface area contributed by atoms with Crippen LogP contribution in [0.25, 0.3) is 10.6 Å². The highest BCUT2D eigenvalue weighted by molar-refractivity contribution is 7.14. The summed E-state index contributed by atoms with van der Waals surface area (Å²) in [6.45, 7) is 1.62. The van der Waals surface area contributed by atoms with Gasteiger partial charge in [0.2, 0.25) is 5.91 Å². The van der Waals surface area contributed by atoms with Crippen LogP contribution < -0.4 is 16.0 Å². The van der Waals surface area contributed by atoms with Crippen LogP contribution in [0.15, 0.2) is 46.5 Å². The molecule has 0 aliphatic carbocycles. The normalized spacial score (nSPS) is 18.6. The summed E-state index contributed by atoms with van der Waals surface area (Å²) in [5.74, 6) is -0.631. The smallest absolute Gasteiger partial charge is 0.322 e. The van der Waals surface area contributed by atoms with Gasteiger partial charge in [-0.15, -0.1) is 11.3 Å². The summed E-state index contributed by atoms with van der Waals surface area (Å²) in [7, 11) is 0. The number of nitrogens with one attached hydrogen (secondary N) is 3. The monoisotopic (exact) mass is 412 g/mol. The van der Waals surface area contributed by atoms with Crippen molar-refractivity contribution in [3.05, 3.63) is 57.7 Å². The minimum Gasteiger partial charge on any atom is -0.326 e. The van der Waals surface area contributed by atoms with Crippen molar-refractivity contribution in [2.24, 2.45) is 0 Å². The minimum absolute atomic E-state index is 0.152. The molecule has 4 amide bonds. The van der Waals surface area contributed by atoms with Crippen molar-refractivity contribution < 1.29 is 14.4 Å². The lowest BCUT2D eigenvalue weighted by Crippen LogP contribution is -2.40. The third-order valence-corrected chi connectivity index (χ3v) is 6.05. The highest BCUT2D eigenvalue weighted by Gasteiger charge is 2.43. The summed E-state index contributed by atoms with van der Waals surface area (Å²) in [4.78, 5) is 40.5. The van der Waals surface area contributed by atoms with Gasteiger partial charge in [0.25, 0.3) is 5.91 Å². The molecule has 3 N–H and O–H groups in total. The fourth-order valence-electron chi connectivity index (χ4n) is 2.93. The van der Waals surface area contributed by atoms with Crippen LogP contribution in [0.1, 0.15) is 18.2 Å². The van der Waals surface area contributed by atoms with Crippen molar-refractivity contribution in [2.45, 2.75) is 18.9 Å². The largest absolute Gasteiger partial charge is 0.326 e. The Bertz CT molecular complexity index is 1060. The molecule has 1 atom stereocenters. The first-order valence-electron chi connectivity index (χ1n) is 8.45. The van der Waals surface area contributed by atoms with E-state index in [9.17, 15) is 14.4 Å². The molecule has 4 rings (SSSR count). The predicted molar refractivity (Wildman–Crippen MR) is 108 cm³/mol. The number of carbonyl (C=O) groups excluding carboxylic acids is 3. The van der Waals surface area contributed by atoms with Crippen molar-refractivity contribution >= 4 is 46.2 Å². The minimum atomic E-state index is -1.16. The summed E-state index contributed by atoms with van der Waals surface area (Å²) in [5.41, 5.74) is 1.73. The van der Waals surface area contributed by atoms with Crippen LogP contribution in [0.5, 0.6) is 0 Å². The van der Waals surface area contributed by atoms with Gasteiger partial charge in [-0.3, -0.25) is 14.9 Å². The van der Waals surface area contributed by atoms with E-state index >= 15 is 0 Å². The molecule has 0 saturated carbocycles. The zero-order chi connectivity index (χ0) is 19.7. The molecule has 1 aromatic carbocycles. The van der Waals surface area contributed by atoms with Gasteiger partial charge >= 0.3 is 6.03 Å². The Morgan fingerprint density at radius 2 is 2.11 bits per heavy atom. The molecule has 1 fully saturated rings. The van der Waals surface area contributed by atoms with Gasteiger partial charge in [-0.1, -0.05) is 12.1 Å². The molecule has 2 aromatic heterocycles. The van der Waals surface area contributed by atoms with Gasteiger partial charge in [-0.25, -0.2) is 9.78 Å². The number of aromatic nitrogens is 1. The van der Waals surface area contributed by atoms with Crippen LogP contribution in [0.4, 0.5) is 10.5 Å². The van der Waals surface area contributed by atoms with E-state index in [2.05, 4.69) is 20.9 Å². The zero-order valence-corrected chi connectivity index (χ0v) is 16.4. The Labute approximate surface area is 168 Å². The number of hydrogen-bond acceptors (Lipinski definition) is 6. The van der Waals surface area contributed by atoms with Crippen LogP contribution in [-0.4, -0.2) is 22.8 Å². The first kappa shape index (κ1) is 18.3. The number of urea groups is 1. The van der Waals surface area contributed by atoms with E-state index in [1.165, 1.54) is 11.3 Å². The average molecular weight is 412 g/mol. The van der Waals surface area contributed by atoms with Crippen molar-refractivity contribution in [3.63, 3.8) is 0 Å². The number of thiazole rings is 1. The van der Waals surface area contributed by atoms with Gasteiger partial charge in [0.05, 0.1) is 12.1 Å². The van der Waals surface area contributed by atoms with Gasteiger partial charge in [0.15, 0.2) is 0 Å². The molecule has 142 valence electrons. The van der Waals surface area contributed by atoms with E-state index in [0.717, 1.165) is 10.6 Å². The first-order chi connectivity index (χ1) is 13.4. The summed E-state index contributed by atoms with van der Waals surface area (Å²) >= 11 is 3.11. The van der Waals surface area contributed by atoms with Crippen LogP contribution >= 0.6 is 22.7 Å². The third kappa shape index (κ3) is 3.54. The standard InChI is InChI=1S/C19H16N4O3S2/c1-19(17(25)22-18(26)23-19)12-3-2-4-13(7-12)20-15(24)8-14-10-28-16(21-14)11-5-6-27-9-11/h2-7,9-10H,8H2,1H3,(H,20,24)(H2,22,23,25,26)/t19-/m1/s1. The van der Waals surface area contributed by atoms with Crippen LogP contribution in [0.3, 0.4) is 0 Å². The van der Waals surface area contributed by atoms with Gasteiger partial charge in [0.1, 0.15) is 10.5 Å². The lowest BCUT2D eigenvalue weighted by molar-refractivity contribution is -0.123. The fourth-order valence-corrected chi connectivity index (χ4v) is 4.46. The molecular weight excluding hydrogens is 396 g/mol. The van der Waals surface area contributed by atoms with Crippen LogP contribution in [0, 0.1) is 0 Å². The van der Waals surface area contributed by atoms with E-state index in [-0.39, 0.29) is 12.3 Å². The predicted octanol–water partition coefficient (Wildman–Crippen LogP) is 3.11. The lowest BCUT2D eigenvalue weighted by Gasteiger charge is -2.21. The Kier molecular flexibility index (Phi) is 4.70. The number of nitrogens with zero attached hydrogens (tertiary/aromatic N) is 1. The van der Waals surface area contributed by atoms with E-state index in [0.29, 0.717) is 16.9 Å². The molecule has 0 radical (unpaired) electrons. The Hall–Kier alpha value is -3.04. The van der Waals surface area contributed by atoms with Crippen LogP contribution in [0.2, 0.25) is 0 Å². The average Bonchev–Trinajstić information content (AvgIpc) is 3.37. The maximum Gasteiger partial charge on any atom is 0.322 e. The number of rotatable bonds is 5. The number of carbonyl (C=O) groups is 3. The summed E-state index contributed by atoms with van der Waals surface area (Å²) in [6, 6.07) is 8.34.